The first-order valence-electron chi connectivity index (χ1n) is 10.3. The van der Waals surface area contributed by atoms with E-state index in [0.29, 0.717) is 24.7 Å². The molecule has 6 unspecified atom stereocenters. The first-order valence-corrected chi connectivity index (χ1v) is 10.3. The molecule has 5 aliphatic rings. The number of aliphatic hydroxyl groups is 2. The molecular weight excluding hydrogens is 328 g/mol. The molecule has 3 fully saturated rings. The van der Waals surface area contributed by atoms with Crippen molar-refractivity contribution in [2.75, 3.05) is 0 Å². The van der Waals surface area contributed by atoms with Crippen LogP contribution >= 0.6 is 0 Å². The molecule has 4 heteroatoms. The number of fused-ring (bicyclic) bond motifs is 6. The first-order chi connectivity index (χ1) is 12.3. The number of esters is 1. The van der Waals surface area contributed by atoms with Crippen LogP contribution in [0.4, 0.5) is 0 Å². The van der Waals surface area contributed by atoms with Gasteiger partial charge in [0, 0.05) is 17.8 Å². The van der Waals surface area contributed by atoms with E-state index in [2.05, 4.69) is 26.0 Å². The summed E-state index contributed by atoms with van der Waals surface area (Å²) in [6, 6.07) is 0. The summed E-state index contributed by atoms with van der Waals surface area (Å²) < 4.78 is 5.94. The van der Waals surface area contributed by atoms with E-state index >= 15 is 0 Å². The van der Waals surface area contributed by atoms with Crippen molar-refractivity contribution in [3.8, 4) is 0 Å². The topological polar surface area (TPSA) is 66.8 Å². The summed E-state index contributed by atoms with van der Waals surface area (Å²) in [4.78, 5) is 11.9. The number of aliphatic hydroxyl groups excluding tert-OH is 2. The average Bonchev–Trinajstić information content (AvgIpc) is 3.09. The molecule has 1 saturated heterocycles. The van der Waals surface area contributed by atoms with Gasteiger partial charge in [-0.1, -0.05) is 32.1 Å². The van der Waals surface area contributed by atoms with Crippen LogP contribution < -0.4 is 0 Å². The maximum atomic E-state index is 11.9. The molecule has 1 heterocycles. The van der Waals surface area contributed by atoms with E-state index in [0.717, 1.165) is 32.1 Å². The fourth-order valence-electron chi connectivity index (χ4n) is 7.55. The predicted molar refractivity (Wildman–Crippen MR) is 97.1 cm³/mol. The maximum Gasteiger partial charge on any atom is 0.306 e. The first kappa shape index (κ1) is 17.0. The molecular formula is C22H30O4. The third-order valence-corrected chi connectivity index (χ3v) is 8.91. The number of hydrogen-bond donors (Lipinski definition) is 2. The number of carbonyl (C=O) groups excluding carboxylic acids is 1. The Morgan fingerprint density at radius 3 is 2.69 bits per heavy atom. The SMILES string of the molecule is CC12CCC(O)C=C1C=CC1C2[C@H](O)CC2(C)C1CC[C@@]21CCC(=O)O1. The predicted octanol–water partition coefficient (Wildman–Crippen LogP) is 3.13. The number of allylic oxidation sites excluding steroid dienone is 3. The van der Waals surface area contributed by atoms with Gasteiger partial charge in [0.05, 0.1) is 12.2 Å². The molecule has 4 nitrogen and oxygen atoms in total. The van der Waals surface area contributed by atoms with Crippen molar-refractivity contribution < 1.29 is 19.7 Å². The van der Waals surface area contributed by atoms with Crippen LogP contribution in [0.5, 0.6) is 0 Å². The monoisotopic (exact) mass is 358 g/mol. The lowest BCUT2D eigenvalue weighted by Gasteiger charge is -2.59. The fraction of sp³-hybridized carbons (Fsp3) is 0.773. The van der Waals surface area contributed by atoms with Gasteiger partial charge in [-0.15, -0.1) is 0 Å². The Bertz CT molecular complexity index is 711. The molecule has 0 radical (unpaired) electrons. The van der Waals surface area contributed by atoms with Gasteiger partial charge in [-0.3, -0.25) is 4.79 Å². The molecule has 142 valence electrons. The van der Waals surface area contributed by atoms with E-state index in [1.54, 1.807) is 0 Å². The fourth-order valence-corrected chi connectivity index (χ4v) is 7.55. The Morgan fingerprint density at radius 2 is 1.96 bits per heavy atom. The van der Waals surface area contributed by atoms with Crippen LogP contribution in [0.2, 0.25) is 0 Å². The second kappa shape index (κ2) is 5.23. The summed E-state index contributed by atoms with van der Waals surface area (Å²) in [5, 5.41) is 21.4. The lowest BCUT2D eigenvalue weighted by atomic mass is 9.47. The van der Waals surface area contributed by atoms with Crippen molar-refractivity contribution in [1.82, 2.24) is 0 Å². The van der Waals surface area contributed by atoms with Gasteiger partial charge >= 0.3 is 5.97 Å². The Kier molecular flexibility index (Phi) is 3.42. The van der Waals surface area contributed by atoms with E-state index in [1.807, 2.05) is 6.08 Å². The Morgan fingerprint density at radius 1 is 1.15 bits per heavy atom. The highest BCUT2D eigenvalue weighted by molar-refractivity contribution is 5.72. The summed E-state index contributed by atoms with van der Waals surface area (Å²) in [5.74, 6) is 0.890. The number of carbonyl (C=O) groups is 1. The van der Waals surface area contributed by atoms with E-state index in [4.69, 9.17) is 4.74 Å². The third-order valence-electron chi connectivity index (χ3n) is 8.91. The van der Waals surface area contributed by atoms with Gasteiger partial charge in [0.1, 0.15) is 5.60 Å². The van der Waals surface area contributed by atoms with E-state index in [9.17, 15) is 15.0 Å². The summed E-state index contributed by atoms with van der Waals surface area (Å²) in [5.41, 5.74) is 0.617. The minimum Gasteiger partial charge on any atom is -0.458 e. The zero-order valence-corrected chi connectivity index (χ0v) is 15.8. The van der Waals surface area contributed by atoms with Crippen LogP contribution in [0, 0.1) is 28.6 Å². The molecule has 2 saturated carbocycles. The molecule has 1 aliphatic heterocycles. The lowest BCUT2D eigenvalue weighted by molar-refractivity contribution is -0.177. The number of rotatable bonds is 0. The van der Waals surface area contributed by atoms with Crippen molar-refractivity contribution in [1.29, 1.82) is 0 Å². The number of hydrogen-bond acceptors (Lipinski definition) is 4. The van der Waals surface area contributed by atoms with E-state index in [1.165, 1.54) is 5.57 Å². The molecule has 4 aliphatic carbocycles. The van der Waals surface area contributed by atoms with Gasteiger partial charge < -0.3 is 14.9 Å². The molecule has 0 aromatic rings. The minimum atomic E-state index is -0.399. The van der Waals surface area contributed by atoms with E-state index in [-0.39, 0.29) is 34.4 Å². The zero-order valence-electron chi connectivity index (χ0n) is 15.8. The van der Waals surface area contributed by atoms with Crippen molar-refractivity contribution in [2.45, 2.75) is 76.6 Å². The lowest BCUT2D eigenvalue weighted by Crippen LogP contribution is -2.58. The molecule has 0 aromatic heterocycles. The summed E-state index contributed by atoms with van der Waals surface area (Å²) in [7, 11) is 0. The van der Waals surface area contributed by atoms with Gasteiger partial charge in [0.15, 0.2) is 0 Å². The zero-order chi connectivity index (χ0) is 18.3. The maximum absolute atomic E-state index is 11.9. The van der Waals surface area contributed by atoms with Crippen molar-refractivity contribution in [3.63, 3.8) is 0 Å². The molecule has 1 spiro atoms. The highest BCUT2D eigenvalue weighted by atomic mass is 16.6. The van der Waals surface area contributed by atoms with Gasteiger partial charge in [-0.25, -0.2) is 0 Å². The highest BCUT2D eigenvalue weighted by Gasteiger charge is 2.68. The van der Waals surface area contributed by atoms with E-state index < -0.39 is 6.10 Å². The Labute approximate surface area is 155 Å². The normalized spacial score (nSPS) is 55.2. The van der Waals surface area contributed by atoms with Crippen LogP contribution in [-0.4, -0.2) is 34.0 Å². The van der Waals surface area contributed by atoms with Crippen LogP contribution in [0.3, 0.4) is 0 Å². The molecule has 8 atom stereocenters. The summed E-state index contributed by atoms with van der Waals surface area (Å²) in [6.07, 6.45) is 11.5. The highest BCUT2D eigenvalue weighted by Crippen LogP contribution is 2.68. The van der Waals surface area contributed by atoms with Gasteiger partial charge in [0.2, 0.25) is 0 Å². The average molecular weight is 358 g/mol. The quantitative estimate of drug-likeness (QED) is 0.653. The standard InChI is InChI=1S/C22H30O4/c1-20-8-5-14(23)11-13(20)3-4-15-16-6-9-22(10-7-18(25)26-22)21(16,2)12-17(24)19(15)20/h3-4,11,14-17,19,23-24H,5-10,12H2,1-2H3/t14?,15?,16?,17-,19?,20?,21?,22-/m1/s1. The Balaban J connectivity index is 1.57. The molecule has 5 rings (SSSR count). The van der Waals surface area contributed by atoms with Crippen molar-refractivity contribution in [2.24, 2.45) is 28.6 Å². The van der Waals surface area contributed by atoms with Crippen molar-refractivity contribution in [3.05, 3.63) is 23.8 Å². The van der Waals surface area contributed by atoms with Gasteiger partial charge in [0.25, 0.3) is 0 Å². The molecule has 2 N–H and O–H groups in total. The summed E-state index contributed by atoms with van der Waals surface area (Å²) in [6.45, 7) is 4.53. The minimum absolute atomic E-state index is 0.0680. The third kappa shape index (κ3) is 1.95. The molecule has 26 heavy (non-hydrogen) atoms. The Hall–Kier alpha value is -1.13. The smallest absolute Gasteiger partial charge is 0.306 e. The number of ether oxygens (including phenoxy) is 1. The van der Waals surface area contributed by atoms with Crippen LogP contribution in [0.25, 0.3) is 0 Å². The summed E-state index contributed by atoms with van der Waals surface area (Å²) >= 11 is 0. The van der Waals surface area contributed by atoms with Gasteiger partial charge in [-0.05, 0) is 61.3 Å². The van der Waals surface area contributed by atoms with Gasteiger partial charge in [-0.2, -0.15) is 0 Å². The molecule has 0 aromatic carbocycles. The molecule has 0 bridgehead atoms. The van der Waals surface area contributed by atoms with Crippen LogP contribution in [-0.2, 0) is 9.53 Å². The second-order valence-electron chi connectivity index (χ2n) is 9.91. The van der Waals surface area contributed by atoms with Crippen molar-refractivity contribution >= 4 is 5.97 Å². The molecule has 0 amide bonds. The largest absolute Gasteiger partial charge is 0.458 e. The second-order valence-corrected chi connectivity index (χ2v) is 9.91. The van der Waals surface area contributed by atoms with Crippen LogP contribution in [0.15, 0.2) is 23.8 Å². The van der Waals surface area contributed by atoms with Crippen LogP contribution in [0.1, 0.15) is 58.8 Å².